The summed E-state index contributed by atoms with van der Waals surface area (Å²) in [6, 6.07) is 16.1. The molecule has 1 aliphatic heterocycles. The number of methoxy groups -OCH3 is 2. The molecular formula is C25H30N4O3. The molecule has 7 heteroatoms. The minimum atomic E-state index is 0.0479. The molecule has 0 saturated heterocycles. The Kier molecular flexibility index (Phi) is 6.46. The van der Waals surface area contributed by atoms with Crippen LogP contribution >= 0.6 is 0 Å². The minimum Gasteiger partial charge on any atom is -0.493 e. The molecule has 0 bridgehead atoms. The summed E-state index contributed by atoms with van der Waals surface area (Å²) in [6.07, 6.45) is 1.50. The van der Waals surface area contributed by atoms with Crippen LogP contribution in [0.1, 0.15) is 23.7 Å². The van der Waals surface area contributed by atoms with Crippen molar-refractivity contribution in [3.05, 3.63) is 75.7 Å². The Morgan fingerprint density at radius 2 is 1.75 bits per heavy atom. The standard InChI is InChI=1S/C25H30N4O3/c1-5-21-18(2)26-25-28(20-9-7-6-8-10-20)16-27(17-29(25)24(21)30)14-13-19-11-12-22(31-3)23(15-19)32-4/h6-12,15H,5,13-14,16-17H2,1-4H3. The van der Waals surface area contributed by atoms with Crippen LogP contribution in [0.3, 0.4) is 0 Å². The second-order valence-electron chi connectivity index (χ2n) is 7.94. The molecule has 3 aromatic rings. The number of aryl methyl sites for hydroxylation is 1. The van der Waals surface area contributed by atoms with E-state index in [1.54, 1.807) is 18.8 Å². The summed E-state index contributed by atoms with van der Waals surface area (Å²) in [6.45, 7) is 5.90. The summed E-state index contributed by atoms with van der Waals surface area (Å²) in [5, 5.41) is 0. The van der Waals surface area contributed by atoms with Gasteiger partial charge in [0.25, 0.3) is 5.56 Å². The SMILES string of the molecule is CCc1c(C)nc2n(c1=O)CN(CCc1ccc(OC)c(OC)c1)CN2c1ccccc1. The molecule has 2 heterocycles. The Balaban J connectivity index is 1.64. The van der Waals surface area contributed by atoms with Crippen molar-refractivity contribution >= 4 is 11.6 Å². The lowest BCUT2D eigenvalue weighted by molar-refractivity contribution is 0.200. The molecule has 0 N–H and O–H groups in total. The minimum absolute atomic E-state index is 0.0479. The van der Waals surface area contributed by atoms with Gasteiger partial charge in [0, 0.05) is 23.5 Å². The second kappa shape index (κ2) is 9.44. The van der Waals surface area contributed by atoms with E-state index in [1.165, 1.54) is 0 Å². The molecule has 0 fully saturated rings. The summed E-state index contributed by atoms with van der Waals surface area (Å²) in [5.74, 6) is 2.15. The zero-order chi connectivity index (χ0) is 22.7. The van der Waals surface area contributed by atoms with Crippen molar-refractivity contribution in [2.75, 3.05) is 32.3 Å². The van der Waals surface area contributed by atoms with Crippen molar-refractivity contribution < 1.29 is 9.47 Å². The molecule has 0 radical (unpaired) electrons. The lowest BCUT2D eigenvalue weighted by Crippen LogP contribution is -2.48. The number of aromatic nitrogens is 2. The Morgan fingerprint density at radius 1 is 1.00 bits per heavy atom. The van der Waals surface area contributed by atoms with Gasteiger partial charge in [-0.1, -0.05) is 31.2 Å². The van der Waals surface area contributed by atoms with Crippen LogP contribution in [-0.4, -0.2) is 41.9 Å². The molecule has 1 aromatic heterocycles. The average Bonchev–Trinajstić information content (AvgIpc) is 2.83. The van der Waals surface area contributed by atoms with Crippen molar-refractivity contribution in [1.29, 1.82) is 0 Å². The predicted molar refractivity (Wildman–Crippen MR) is 126 cm³/mol. The number of fused-ring (bicyclic) bond motifs is 1. The van der Waals surface area contributed by atoms with E-state index in [0.29, 0.717) is 25.7 Å². The first kappa shape index (κ1) is 21.9. The van der Waals surface area contributed by atoms with Crippen LogP contribution in [0, 0.1) is 6.92 Å². The lowest BCUT2D eigenvalue weighted by atomic mass is 10.1. The van der Waals surface area contributed by atoms with Crippen molar-refractivity contribution in [1.82, 2.24) is 14.5 Å². The van der Waals surface area contributed by atoms with Gasteiger partial charge in [0.2, 0.25) is 5.95 Å². The second-order valence-corrected chi connectivity index (χ2v) is 7.94. The van der Waals surface area contributed by atoms with Gasteiger partial charge < -0.3 is 9.47 Å². The molecule has 1 aliphatic rings. The lowest BCUT2D eigenvalue weighted by Gasteiger charge is -2.38. The van der Waals surface area contributed by atoms with Gasteiger partial charge in [-0.3, -0.25) is 19.2 Å². The van der Waals surface area contributed by atoms with E-state index in [0.717, 1.165) is 47.0 Å². The van der Waals surface area contributed by atoms with Crippen molar-refractivity contribution in [3.63, 3.8) is 0 Å². The first-order valence-electron chi connectivity index (χ1n) is 10.9. The molecule has 0 unspecified atom stereocenters. The molecule has 0 spiro atoms. The highest BCUT2D eigenvalue weighted by Crippen LogP contribution is 2.29. The summed E-state index contributed by atoms with van der Waals surface area (Å²) in [4.78, 5) is 22.5. The van der Waals surface area contributed by atoms with E-state index >= 15 is 0 Å². The van der Waals surface area contributed by atoms with Crippen LogP contribution in [0.25, 0.3) is 0 Å². The predicted octanol–water partition coefficient (Wildman–Crippen LogP) is 3.74. The summed E-state index contributed by atoms with van der Waals surface area (Å²) in [5.41, 5.74) is 3.81. The highest BCUT2D eigenvalue weighted by atomic mass is 16.5. The van der Waals surface area contributed by atoms with Gasteiger partial charge in [0.15, 0.2) is 11.5 Å². The molecule has 0 saturated carbocycles. The molecular weight excluding hydrogens is 404 g/mol. The first-order valence-corrected chi connectivity index (χ1v) is 10.9. The molecule has 7 nitrogen and oxygen atoms in total. The van der Waals surface area contributed by atoms with Crippen LogP contribution in [-0.2, 0) is 19.5 Å². The molecule has 0 amide bonds. The molecule has 0 atom stereocenters. The van der Waals surface area contributed by atoms with Gasteiger partial charge >= 0.3 is 0 Å². The fourth-order valence-electron chi connectivity index (χ4n) is 4.20. The van der Waals surface area contributed by atoms with E-state index < -0.39 is 0 Å². The van der Waals surface area contributed by atoms with Crippen molar-refractivity contribution in [2.24, 2.45) is 0 Å². The number of anilines is 2. The molecule has 32 heavy (non-hydrogen) atoms. The number of benzene rings is 2. The van der Waals surface area contributed by atoms with Gasteiger partial charge in [-0.25, -0.2) is 4.98 Å². The van der Waals surface area contributed by atoms with Crippen molar-refractivity contribution in [2.45, 2.75) is 33.4 Å². The smallest absolute Gasteiger partial charge is 0.259 e. The fraction of sp³-hybridized carbons (Fsp3) is 0.360. The third kappa shape index (κ3) is 4.21. The monoisotopic (exact) mass is 434 g/mol. The van der Waals surface area contributed by atoms with Gasteiger partial charge in [-0.2, -0.15) is 0 Å². The number of ether oxygens (including phenoxy) is 2. The van der Waals surface area contributed by atoms with Crippen LogP contribution in [0.15, 0.2) is 53.3 Å². The summed E-state index contributed by atoms with van der Waals surface area (Å²) in [7, 11) is 3.28. The summed E-state index contributed by atoms with van der Waals surface area (Å²) < 4.78 is 12.6. The summed E-state index contributed by atoms with van der Waals surface area (Å²) >= 11 is 0. The van der Waals surface area contributed by atoms with Gasteiger partial charge in [0.05, 0.1) is 27.6 Å². The maximum absolute atomic E-state index is 13.3. The first-order chi connectivity index (χ1) is 15.5. The fourth-order valence-corrected chi connectivity index (χ4v) is 4.20. The normalized spacial score (nSPS) is 13.7. The number of rotatable bonds is 7. The third-order valence-corrected chi connectivity index (χ3v) is 5.96. The zero-order valence-electron chi connectivity index (χ0n) is 19.2. The average molecular weight is 435 g/mol. The van der Waals surface area contributed by atoms with Gasteiger partial charge in [-0.05, 0) is 49.6 Å². The Hall–Kier alpha value is -3.32. The molecule has 0 aliphatic carbocycles. The van der Waals surface area contributed by atoms with Gasteiger partial charge in [-0.15, -0.1) is 0 Å². The van der Waals surface area contributed by atoms with Gasteiger partial charge in [0.1, 0.15) is 0 Å². The number of para-hydroxylation sites is 1. The van der Waals surface area contributed by atoms with Crippen LogP contribution in [0.5, 0.6) is 11.5 Å². The largest absolute Gasteiger partial charge is 0.493 e. The molecule has 2 aromatic carbocycles. The van der Waals surface area contributed by atoms with E-state index in [9.17, 15) is 4.79 Å². The maximum Gasteiger partial charge on any atom is 0.259 e. The highest BCUT2D eigenvalue weighted by Gasteiger charge is 2.27. The topological polar surface area (TPSA) is 59.8 Å². The molecule has 168 valence electrons. The zero-order valence-corrected chi connectivity index (χ0v) is 19.2. The highest BCUT2D eigenvalue weighted by molar-refractivity contribution is 5.58. The maximum atomic E-state index is 13.3. The van der Waals surface area contributed by atoms with E-state index in [-0.39, 0.29) is 5.56 Å². The number of hydrogen-bond acceptors (Lipinski definition) is 6. The van der Waals surface area contributed by atoms with Crippen LogP contribution < -0.4 is 19.9 Å². The Bertz CT molecular complexity index is 1140. The number of hydrogen-bond donors (Lipinski definition) is 0. The quantitative estimate of drug-likeness (QED) is 0.565. The van der Waals surface area contributed by atoms with E-state index in [2.05, 4.69) is 28.0 Å². The van der Waals surface area contributed by atoms with Crippen molar-refractivity contribution in [3.8, 4) is 11.5 Å². The Morgan fingerprint density at radius 3 is 2.44 bits per heavy atom. The van der Waals surface area contributed by atoms with Crippen LogP contribution in [0.2, 0.25) is 0 Å². The van der Waals surface area contributed by atoms with E-state index in [1.807, 2.05) is 44.2 Å². The van der Waals surface area contributed by atoms with E-state index in [4.69, 9.17) is 14.5 Å². The molecule has 4 rings (SSSR count). The third-order valence-electron chi connectivity index (χ3n) is 5.96. The van der Waals surface area contributed by atoms with Crippen LogP contribution in [0.4, 0.5) is 11.6 Å². The Labute approximate surface area is 188 Å². The number of nitrogens with zero attached hydrogens (tertiary/aromatic N) is 4.